The van der Waals surface area contributed by atoms with Crippen LogP contribution >= 0.6 is 0 Å². The number of aromatic nitrogens is 4. The molecule has 148 valence electrons. The van der Waals surface area contributed by atoms with Crippen molar-refractivity contribution in [3.8, 4) is 0 Å². The molecule has 10 heteroatoms. The summed E-state index contributed by atoms with van der Waals surface area (Å²) >= 11 is 0. The number of likely N-dealkylation sites (tertiary alicyclic amines) is 1. The van der Waals surface area contributed by atoms with Crippen LogP contribution in [-0.2, 0) is 0 Å². The first-order valence-corrected chi connectivity index (χ1v) is 9.17. The van der Waals surface area contributed by atoms with Crippen LogP contribution in [0.5, 0.6) is 0 Å². The highest BCUT2D eigenvalue weighted by Gasteiger charge is 2.62. The van der Waals surface area contributed by atoms with E-state index in [9.17, 15) is 18.0 Å². The topological polar surface area (TPSA) is 78.3 Å². The number of aromatic amines is 1. The molecule has 7 nitrogen and oxygen atoms in total. The van der Waals surface area contributed by atoms with Crippen LogP contribution in [0.1, 0.15) is 25.0 Å². The lowest BCUT2D eigenvalue weighted by Gasteiger charge is -2.18. The first-order chi connectivity index (χ1) is 13.3. The number of H-pyrrole nitrogens is 1. The van der Waals surface area contributed by atoms with Gasteiger partial charge in [-0.25, -0.2) is 14.8 Å². The Bertz CT molecular complexity index is 1070. The summed E-state index contributed by atoms with van der Waals surface area (Å²) in [6.45, 7) is 1.63. The number of nitrogens with one attached hydrogen (secondary N) is 2. The smallest absolute Gasteiger partial charge is 0.345 e. The summed E-state index contributed by atoms with van der Waals surface area (Å²) in [5.41, 5.74) is 3.20. The quantitative estimate of drug-likeness (QED) is 0.704. The molecular weight excluding hydrogens is 373 g/mol. The van der Waals surface area contributed by atoms with E-state index in [0.717, 1.165) is 23.3 Å². The summed E-state index contributed by atoms with van der Waals surface area (Å²) in [4.78, 5) is 25.7. The van der Waals surface area contributed by atoms with E-state index in [2.05, 4.69) is 21.9 Å². The number of fused-ring (bicyclic) bond motifs is 3. The number of urea groups is 1. The van der Waals surface area contributed by atoms with Crippen molar-refractivity contribution in [3.05, 3.63) is 30.4 Å². The van der Waals surface area contributed by atoms with Gasteiger partial charge in [0.05, 0.1) is 11.7 Å². The van der Waals surface area contributed by atoms with Crippen molar-refractivity contribution < 1.29 is 18.0 Å². The van der Waals surface area contributed by atoms with Gasteiger partial charge in [0.2, 0.25) is 0 Å². The summed E-state index contributed by atoms with van der Waals surface area (Å²) < 4.78 is 39.4. The molecule has 4 heterocycles. The van der Waals surface area contributed by atoms with Gasteiger partial charge in [-0.3, -0.25) is 4.40 Å². The molecule has 3 atom stereocenters. The van der Waals surface area contributed by atoms with Gasteiger partial charge in [-0.2, -0.15) is 13.2 Å². The SMILES string of the molecule is CC1CC12CN(C(=O)NCC(F)(F)F)C[C@H]2c1cnc2cnc3[nH]ccc3n12. The van der Waals surface area contributed by atoms with Crippen LogP contribution in [0.25, 0.3) is 16.8 Å². The molecule has 2 unspecified atom stereocenters. The van der Waals surface area contributed by atoms with Gasteiger partial charge in [-0.15, -0.1) is 0 Å². The highest BCUT2D eigenvalue weighted by molar-refractivity contribution is 5.76. The third-order valence-corrected chi connectivity index (χ3v) is 6.24. The number of amides is 2. The van der Waals surface area contributed by atoms with Crippen molar-refractivity contribution in [2.45, 2.75) is 25.4 Å². The molecule has 2 fully saturated rings. The van der Waals surface area contributed by atoms with E-state index in [1.54, 1.807) is 12.4 Å². The molecule has 1 saturated heterocycles. The van der Waals surface area contributed by atoms with Crippen LogP contribution in [0.3, 0.4) is 0 Å². The number of nitrogens with zero attached hydrogens (tertiary/aromatic N) is 4. The van der Waals surface area contributed by atoms with Crippen molar-refractivity contribution in [1.82, 2.24) is 29.6 Å². The average Bonchev–Trinajstić information content (AvgIpc) is 3.08. The minimum atomic E-state index is -4.42. The zero-order valence-electron chi connectivity index (χ0n) is 15.1. The first kappa shape index (κ1) is 17.3. The summed E-state index contributed by atoms with van der Waals surface area (Å²) in [6.07, 6.45) is 1.82. The van der Waals surface area contributed by atoms with Crippen molar-refractivity contribution in [1.29, 1.82) is 0 Å². The number of carbonyl (C=O) groups excluding carboxylic acids is 1. The van der Waals surface area contributed by atoms with E-state index in [4.69, 9.17) is 0 Å². The van der Waals surface area contributed by atoms with Crippen LogP contribution in [0.4, 0.5) is 18.0 Å². The lowest BCUT2D eigenvalue weighted by Crippen LogP contribution is -2.42. The Morgan fingerprint density at radius 1 is 1.39 bits per heavy atom. The van der Waals surface area contributed by atoms with Crippen molar-refractivity contribution >= 4 is 22.8 Å². The van der Waals surface area contributed by atoms with Gasteiger partial charge in [0, 0.05) is 42.5 Å². The maximum absolute atomic E-state index is 12.5. The van der Waals surface area contributed by atoms with Gasteiger partial charge < -0.3 is 15.2 Å². The monoisotopic (exact) mass is 392 g/mol. The normalized spacial score (nSPS) is 27.2. The molecule has 3 aromatic heterocycles. The number of halogens is 3. The Morgan fingerprint density at radius 3 is 2.89 bits per heavy atom. The minimum absolute atomic E-state index is 0.00892. The predicted molar refractivity (Wildman–Crippen MR) is 94.8 cm³/mol. The number of hydrogen-bond acceptors (Lipinski definition) is 3. The first-order valence-electron chi connectivity index (χ1n) is 9.17. The molecule has 2 aliphatic rings. The maximum atomic E-state index is 12.5. The number of carbonyl (C=O) groups is 1. The summed E-state index contributed by atoms with van der Waals surface area (Å²) in [7, 11) is 0. The third kappa shape index (κ3) is 2.54. The van der Waals surface area contributed by atoms with E-state index in [1.807, 2.05) is 22.0 Å². The van der Waals surface area contributed by atoms with Crippen LogP contribution in [0.15, 0.2) is 24.7 Å². The van der Waals surface area contributed by atoms with Crippen LogP contribution in [-0.4, -0.2) is 56.1 Å². The highest BCUT2D eigenvalue weighted by atomic mass is 19.4. The van der Waals surface area contributed by atoms with E-state index in [0.29, 0.717) is 24.7 Å². The van der Waals surface area contributed by atoms with Gasteiger partial charge in [-0.1, -0.05) is 6.92 Å². The van der Waals surface area contributed by atoms with Crippen molar-refractivity contribution in [2.24, 2.45) is 11.3 Å². The fourth-order valence-corrected chi connectivity index (χ4v) is 4.72. The van der Waals surface area contributed by atoms with E-state index < -0.39 is 18.8 Å². The van der Waals surface area contributed by atoms with Gasteiger partial charge >= 0.3 is 12.2 Å². The van der Waals surface area contributed by atoms with Gasteiger partial charge in [0.15, 0.2) is 11.3 Å². The van der Waals surface area contributed by atoms with Crippen LogP contribution in [0, 0.1) is 11.3 Å². The molecule has 2 N–H and O–H groups in total. The van der Waals surface area contributed by atoms with Gasteiger partial charge in [0.25, 0.3) is 0 Å². The lowest BCUT2D eigenvalue weighted by atomic mass is 9.88. The molecule has 28 heavy (non-hydrogen) atoms. The molecule has 0 bridgehead atoms. The molecule has 2 amide bonds. The number of rotatable bonds is 2. The Hall–Kier alpha value is -2.78. The fourth-order valence-electron chi connectivity index (χ4n) is 4.72. The Kier molecular flexibility index (Phi) is 3.48. The average molecular weight is 392 g/mol. The highest BCUT2D eigenvalue weighted by Crippen LogP contribution is 2.64. The standard InChI is InChI=1S/C18H19F3N6O/c1-10-4-17(10)9-26(16(28)25-8-18(19,20)21)7-11(17)13-5-23-14-6-24-15-12(27(13)14)2-3-22-15/h2-3,5-6,10-11,22H,4,7-9H2,1H3,(H,25,28)/t10?,11-,17?/m0/s1. The van der Waals surface area contributed by atoms with E-state index in [1.165, 1.54) is 4.90 Å². The van der Waals surface area contributed by atoms with E-state index in [-0.39, 0.29) is 11.3 Å². The molecule has 3 aromatic rings. The second-order valence-electron chi connectivity index (χ2n) is 7.89. The zero-order chi connectivity index (χ0) is 19.7. The summed E-state index contributed by atoms with van der Waals surface area (Å²) in [6, 6.07) is 1.26. The second-order valence-corrected chi connectivity index (χ2v) is 7.89. The minimum Gasteiger partial charge on any atom is -0.345 e. The Labute approximate surface area is 157 Å². The number of imidazole rings is 1. The molecule has 0 radical (unpaired) electrons. The summed E-state index contributed by atoms with van der Waals surface area (Å²) in [5.74, 6) is 0.404. The Morgan fingerprint density at radius 2 is 2.18 bits per heavy atom. The zero-order valence-corrected chi connectivity index (χ0v) is 15.1. The molecule has 0 aromatic carbocycles. The van der Waals surface area contributed by atoms with Crippen molar-refractivity contribution in [2.75, 3.05) is 19.6 Å². The second kappa shape index (κ2) is 5.62. The van der Waals surface area contributed by atoms with Crippen molar-refractivity contribution in [3.63, 3.8) is 0 Å². The summed E-state index contributed by atoms with van der Waals surface area (Å²) in [5, 5.41) is 2.00. The number of hydrogen-bond donors (Lipinski definition) is 2. The van der Waals surface area contributed by atoms with Gasteiger partial charge in [0.1, 0.15) is 6.54 Å². The number of alkyl halides is 3. The Balaban J connectivity index is 1.49. The van der Waals surface area contributed by atoms with Gasteiger partial charge in [-0.05, 0) is 18.4 Å². The molecule has 5 rings (SSSR count). The molecular formula is C18H19F3N6O. The maximum Gasteiger partial charge on any atom is 0.405 e. The molecule has 1 spiro atoms. The molecule has 1 saturated carbocycles. The molecule has 1 aliphatic heterocycles. The lowest BCUT2D eigenvalue weighted by molar-refractivity contribution is -0.123. The van der Waals surface area contributed by atoms with Crippen LogP contribution < -0.4 is 5.32 Å². The predicted octanol–water partition coefficient (Wildman–Crippen LogP) is 2.91. The van der Waals surface area contributed by atoms with Crippen LogP contribution in [0.2, 0.25) is 0 Å². The third-order valence-electron chi connectivity index (χ3n) is 6.24. The fraction of sp³-hybridized carbons (Fsp3) is 0.500. The van der Waals surface area contributed by atoms with E-state index >= 15 is 0 Å². The molecule has 1 aliphatic carbocycles. The largest absolute Gasteiger partial charge is 0.405 e.